The van der Waals surface area contributed by atoms with Gasteiger partial charge in [0.1, 0.15) is 6.26 Å². The minimum Gasteiger partial charge on any atom is -0.448 e. The van der Waals surface area contributed by atoms with E-state index in [4.69, 9.17) is 4.42 Å². The highest BCUT2D eigenvalue weighted by Crippen LogP contribution is 2.32. The lowest BCUT2D eigenvalue weighted by molar-refractivity contribution is -0.132. The number of carbonyl (C=O) groups excluding carboxylic acids is 2. The number of likely N-dealkylation sites (tertiary alicyclic amines) is 1. The molecular weight excluding hydrogens is 306 g/mol. The summed E-state index contributed by atoms with van der Waals surface area (Å²) < 4.78 is 5.53. The molecule has 1 unspecified atom stereocenters. The van der Waals surface area contributed by atoms with E-state index in [9.17, 15) is 9.59 Å². The molecule has 1 aromatic rings. The molecule has 3 rings (SSSR count). The Labute approximate surface area is 142 Å². The summed E-state index contributed by atoms with van der Waals surface area (Å²) in [4.78, 5) is 29.9. The van der Waals surface area contributed by atoms with Crippen LogP contribution < -0.4 is 5.32 Å². The van der Waals surface area contributed by atoms with Crippen molar-refractivity contribution < 1.29 is 14.0 Å². The molecule has 1 aliphatic heterocycles. The molecule has 0 spiro atoms. The third-order valence-corrected chi connectivity index (χ3v) is 5.17. The van der Waals surface area contributed by atoms with E-state index in [1.165, 1.54) is 31.6 Å². The van der Waals surface area contributed by atoms with Gasteiger partial charge in [0.2, 0.25) is 5.91 Å². The van der Waals surface area contributed by atoms with E-state index in [1.807, 2.05) is 6.92 Å². The van der Waals surface area contributed by atoms with Gasteiger partial charge in [0.05, 0.1) is 0 Å². The molecule has 1 atom stereocenters. The monoisotopic (exact) mass is 331 g/mol. The largest absolute Gasteiger partial charge is 0.448 e. The Morgan fingerprint density at radius 2 is 2.08 bits per heavy atom. The van der Waals surface area contributed by atoms with Crippen LogP contribution in [0.5, 0.6) is 0 Å². The first kappa shape index (κ1) is 16.7. The second-order valence-corrected chi connectivity index (χ2v) is 6.88. The molecule has 1 N–H and O–H groups in total. The van der Waals surface area contributed by atoms with Crippen LogP contribution in [0, 0.1) is 5.92 Å². The van der Waals surface area contributed by atoms with Crippen molar-refractivity contribution in [1.29, 1.82) is 0 Å². The van der Waals surface area contributed by atoms with Gasteiger partial charge >= 0.3 is 0 Å². The van der Waals surface area contributed by atoms with Crippen molar-refractivity contribution in [2.24, 2.45) is 5.92 Å². The molecule has 0 radical (unpaired) electrons. The predicted molar refractivity (Wildman–Crippen MR) is 89.5 cm³/mol. The van der Waals surface area contributed by atoms with Crippen molar-refractivity contribution in [2.75, 3.05) is 13.1 Å². The van der Waals surface area contributed by atoms with E-state index in [-0.39, 0.29) is 23.8 Å². The summed E-state index contributed by atoms with van der Waals surface area (Å²) in [5, 5.41) is 2.97. The average molecular weight is 331 g/mol. The van der Waals surface area contributed by atoms with Crippen LogP contribution in [0.4, 0.5) is 0 Å². The van der Waals surface area contributed by atoms with Crippen LogP contribution in [0.3, 0.4) is 0 Å². The van der Waals surface area contributed by atoms with Gasteiger partial charge in [-0.1, -0.05) is 25.8 Å². The Kier molecular flexibility index (Phi) is 5.02. The molecule has 130 valence electrons. The molecule has 6 nitrogen and oxygen atoms in total. The van der Waals surface area contributed by atoms with Crippen molar-refractivity contribution in [3.8, 4) is 0 Å². The number of rotatable bonds is 5. The van der Waals surface area contributed by atoms with Crippen molar-refractivity contribution in [1.82, 2.24) is 15.2 Å². The molecule has 6 heteroatoms. The second-order valence-electron chi connectivity index (χ2n) is 6.88. The van der Waals surface area contributed by atoms with E-state index in [2.05, 4.69) is 16.9 Å². The van der Waals surface area contributed by atoms with Crippen molar-refractivity contribution in [3.05, 3.63) is 30.5 Å². The fourth-order valence-electron chi connectivity index (χ4n) is 3.47. The lowest BCUT2D eigenvalue weighted by Crippen LogP contribution is -2.57. The maximum atomic E-state index is 12.3. The third kappa shape index (κ3) is 3.52. The van der Waals surface area contributed by atoms with Gasteiger partial charge in [-0.2, -0.15) is 0 Å². The summed E-state index contributed by atoms with van der Waals surface area (Å²) in [5.74, 6) is 1.05. The van der Waals surface area contributed by atoms with Crippen LogP contribution in [0.15, 0.2) is 23.3 Å². The number of amides is 2. The van der Waals surface area contributed by atoms with Gasteiger partial charge in [-0.05, 0) is 25.8 Å². The molecule has 2 amide bonds. The summed E-state index contributed by atoms with van der Waals surface area (Å²) in [7, 11) is 0. The van der Waals surface area contributed by atoms with Crippen LogP contribution in [0.1, 0.15) is 61.3 Å². The predicted octanol–water partition coefficient (Wildman–Crippen LogP) is 2.49. The topological polar surface area (TPSA) is 75.4 Å². The Bertz CT molecular complexity index is 613. The van der Waals surface area contributed by atoms with Gasteiger partial charge < -0.3 is 14.6 Å². The lowest BCUT2D eigenvalue weighted by atomic mass is 9.89. The first-order chi connectivity index (χ1) is 11.6. The van der Waals surface area contributed by atoms with Crippen molar-refractivity contribution >= 4 is 11.8 Å². The van der Waals surface area contributed by atoms with E-state index in [1.54, 1.807) is 4.90 Å². The number of nitrogens with zero attached hydrogens (tertiary/aromatic N) is 2. The SMILES string of the molecule is C=CC(=O)N1CC(C(C)NC(=O)c2coc(C3CCCCC3)n2)C1. The van der Waals surface area contributed by atoms with E-state index in [0.29, 0.717) is 30.6 Å². The number of oxazole rings is 1. The quantitative estimate of drug-likeness (QED) is 0.841. The Balaban J connectivity index is 1.51. The standard InChI is InChI=1S/C18H25N3O3/c1-3-16(22)21-9-14(10-21)12(2)19-17(23)15-11-24-18(20-15)13-7-5-4-6-8-13/h3,11-14H,1,4-10H2,2H3,(H,19,23). The van der Waals surface area contributed by atoms with Gasteiger partial charge in [-0.15, -0.1) is 0 Å². The fourth-order valence-corrected chi connectivity index (χ4v) is 3.47. The zero-order valence-corrected chi connectivity index (χ0v) is 14.2. The molecular formula is C18H25N3O3. The highest BCUT2D eigenvalue weighted by Gasteiger charge is 2.34. The summed E-state index contributed by atoms with van der Waals surface area (Å²) in [6, 6.07) is -0.0128. The first-order valence-electron chi connectivity index (χ1n) is 8.76. The van der Waals surface area contributed by atoms with Gasteiger partial charge in [-0.25, -0.2) is 4.98 Å². The third-order valence-electron chi connectivity index (χ3n) is 5.17. The highest BCUT2D eigenvalue weighted by molar-refractivity contribution is 5.92. The number of hydrogen-bond acceptors (Lipinski definition) is 4. The second kappa shape index (κ2) is 7.20. The Morgan fingerprint density at radius 3 is 2.75 bits per heavy atom. The first-order valence-corrected chi connectivity index (χ1v) is 8.76. The van der Waals surface area contributed by atoms with Gasteiger partial charge in [0.15, 0.2) is 11.6 Å². The van der Waals surface area contributed by atoms with Gasteiger partial charge in [0, 0.05) is 31.0 Å². The summed E-state index contributed by atoms with van der Waals surface area (Å²) >= 11 is 0. The maximum Gasteiger partial charge on any atom is 0.273 e. The molecule has 2 aliphatic rings. The van der Waals surface area contributed by atoms with E-state index < -0.39 is 0 Å². The lowest BCUT2D eigenvalue weighted by Gasteiger charge is -2.42. The van der Waals surface area contributed by atoms with Crippen LogP contribution in [0.2, 0.25) is 0 Å². The van der Waals surface area contributed by atoms with Crippen LogP contribution in [0.25, 0.3) is 0 Å². The van der Waals surface area contributed by atoms with Crippen molar-refractivity contribution in [3.63, 3.8) is 0 Å². The molecule has 1 saturated heterocycles. The van der Waals surface area contributed by atoms with E-state index in [0.717, 1.165) is 12.8 Å². The number of aromatic nitrogens is 1. The molecule has 24 heavy (non-hydrogen) atoms. The van der Waals surface area contributed by atoms with Crippen LogP contribution in [-0.4, -0.2) is 40.8 Å². The Morgan fingerprint density at radius 1 is 1.38 bits per heavy atom. The minimum absolute atomic E-state index is 0.0128. The van der Waals surface area contributed by atoms with Crippen molar-refractivity contribution in [2.45, 2.75) is 51.0 Å². The number of carbonyl (C=O) groups is 2. The summed E-state index contributed by atoms with van der Waals surface area (Å²) in [6.07, 6.45) is 8.64. The summed E-state index contributed by atoms with van der Waals surface area (Å²) in [6.45, 7) is 6.74. The molecule has 0 bridgehead atoms. The average Bonchev–Trinajstić information content (AvgIpc) is 3.04. The molecule has 2 heterocycles. The molecule has 1 aromatic heterocycles. The normalized spacial score (nSPS) is 20.3. The molecule has 0 aromatic carbocycles. The Hall–Kier alpha value is -2.11. The van der Waals surface area contributed by atoms with Gasteiger partial charge in [-0.3, -0.25) is 9.59 Å². The van der Waals surface area contributed by atoms with Gasteiger partial charge in [0.25, 0.3) is 5.91 Å². The number of hydrogen-bond donors (Lipinski definition) is 1. The molecule has 2 fully saturated rings. The zero-order valence-electron chi connectivity index (χ0n) is 14.2. The summed E-state index contributed by atoms with van der Waals surface area (Å²) in [5.41, 5.74) is 0.348. The smallest absolute Gasteiger partial charge is 0.273 e. The zero-order chi connectivity index (χ0) is 17.1. The van der Waals surface area contributed by atoms with Crippen LogP contribution in [-0.2, 0) is 4.79 Å². The molecule has 1 aliphatic carbocycles. The van der Waals surface area contributed by atoms with Crippen LogP contribution >= 0.6 is 0 Å². The maximum absolute atomic E-state index is 12.3. The minimum atomic E-state index is -0.207. The fraction of sp³-hybridized carbons (Fsp3) is 0.611. The number of nitrogens with one attached hydrogen (secondary N) is 1. The molecule has 1 saturated carbocycles. The van der Waals surface area contributed by atoms with E-state index >= 15 is 0 Å². The highest BCUT2D eigenvalue weighted by atomic mass is 16.3.